The summed E-state index contributed by atoms with van der Waals surface area (Å²) in [6, 6.07) is 6.23. The zero-order chi connectivity index (χ0) is 20.8. The van der Waals surface area contributed by atoms with Crippen molar-refractivity contribution < 1.29 is 8.78 Å². The largest absolute Gasteiger partial charge is 0.350 e. The molecule has 0 radical (unpaired) electrons. The van der Waals surface area contributed by atoms with E-state index in [1.165, 1.54) is 23.0 Å². The molecule has 150 valence electrons. The molecule has 4 aromatic rings. The molecule has 0 unspecified atom stereocenters. The van der Waals surface area contributed by atoms with Gasteiger partial charge in [0.15, 0.2) is 17.3 Å². The van der Waals surface area contributed by atoms with Crippen molar-refractivity contribution in [3.63, 3.8) is 0 Å². The van der Waals surface area contributed by atoms with Gasteiger partial charge in [-0.15, -0.1) is 5.10 Å². The minimum absolute atomic E-state index is 0.242. The number of hydrogen-bond acceptors (Lipinski definition) is 6. The SMILES string of the molecule is Cc1cc2nccc(=O)n2nc1N1CCc2ncc(-c3cnc(F)c(F)c3)cc2C1. The number of pyridine rings is 2. The maximum absolute atomic E-state index is 13.6. The molecule has 0 fully saturated rings. The summed E-state index contributed by atoms with van der Waals surface area (Å²) in [5.41, 5.74) is 4.19. The van der Waals surface area contributed by atoms with E-state index in [0.29, 0.717) is 42.1 Å². The van der Waals surface area contributed by atoms with E-state index < -0.39 is 11.8 Å². The summed E-state index contributed by atoms with van der Waals surface area (Å²) in [5.74, 6) is -1.43. The van der Waals surface area contributed by atoms with Crippen LogP contribution in [0.4, 0.5) is 14.6 Å². The summed E-state index contributed by atoms with van der Waals surface area (Å²) in [6.07, 6.45) is 5.10. The average molecular weight is 406 g/mol. The quantitative estimate of drug-likeness (QED) is 0.477. The fraction of sp³-hybridized carbons (Fsp3) is 0.190. The van der Waals surface area contributed by atoms with Crippen LogP contribution in [-0.4, -0.2) is 31.1 Å². The first kappa shape index (κ1) is 18.3. The standard InChI is InChI=1S/C21H16F2N6O/c1-12-6-18-24-4-2-19(30)29(18)27-21(12)28-5-3-17-15(11-28)7-13(9-25-17)14-8-16(22)20(23)26-10-14/h2,4,6-10H,3,5,11H2,1H3. The third-order valence-corrected chi connectivity index (χ3v) is 5.21. The van der Waals surface area contributed by atoms with Crippen LogP contribution in [0.25, 0.3) is 16.8 Å². The first-order valence-electron chi connectivity index (χ1n) is 9.39. The van der Waals surface area contributed by atoms with E-state index in [1.807, 2.05) is 19.1 Å². The van der Waals surface area contributed by atoms with Gasteiger partial charge in [0, 0.05) is 61.0 Å². The second-order valence-electron chi connectivity index (χ2n) is 7.20. The van der Waals surface area contributed by atoms with Crippen LogP contribution in [0, 0.1) is 18.7 Å². The zero-order valence-electron chi connectivity index (χ0n) is 16.0. The van der Waals surface area contributed by atoms with Crippen LogP contribution in [0.5, 0.6) is 0 Å². The molecule has 0 N–H and O–H groups in total. The molecule has 4 aromatic heterocycles. The molecule has 1 aliphatic heterocycles. The molecular weight excluding hydrogens is 390 g/mol. The van der Waals surface area contributed by atoms with Gasteiger partial charge in [0.2, 0.25) is 5.95 Å². The molecule has 0 spiro atoms. The Hall–Kier alpha value is -3.75. The minimum atomic E-state index is -1.13. The molecule has 5 rings (SSSR count). The lowest BCUT2D eigenvalue weighted by molar-refractivity contribution is 0.480. The number of aryl methyl sites for hydroxylation is 1. The van der Waals surface area contributed by atoms with E-state index in [9.17, 15) is 13.6 Å². The molecule has 0 bridgehead atoms. The first-order chi connectivity index (χ1) is 14.5. The van der Waals surface area contributed by atoms with Gasteiger partial charge in [-0.25, -0.2) is 14.4 Å². The number of aromatic nitrogens is 5. The highest BCUT2D eigenvalue weighted by atomic mass is 19.2. The number of nitrogens with zero attached hydrogens (tertiary/aromatic N) is 6. The van der Waals surface area contributed by atoms with Crippen molar-refractivity contribution in [1.29, 1.82) is 0 Å². The maximum Gasteiger partial charge on any atom is 0.274 e. The average Bonchev–Trinajstić information content (AvgIpc) is 2.75. The Morgan fingerprint density at radius 3 is 2.67 bits per heavy atom. The van der Waals surface area contributed by atoms with Crippen molar-refractivity contribution in [2.75, 3.05) is 11.4 Å². The monoisotopic (exact) mass is 406 g/mol. The maximum atomic E-state index is 13.6. The fourth-order valence-electron chi connectivity index (χ4n) is 3.70. The van der Waals surface area contributed by atoms with E-state index >= 15 is 0 Å². The van der Waals surface area contributed by atoms with Crippen LogP contribution in [0.1, 0.15) is 16.8 Å². The van der Waals surface area contributed by atoms with Crippen molar-refractivity contribution in [2.24, 2.45) is 0 Å². The smallest absolute Gasteiger partial charge is 0.274 e. The van der Waals surface area contributed by atoms with Gasteiger partial charge in [-0.3, -0.25) is 9.78 Å². The van der Waals surface area contributed by atoms with Gasteiger partial charge in [-0.05, 0) is 36.2 Å². The summed E-state index contributed by atoms with van der Waals surface area (Å²) in [4.78, 5) is 26.4. The molecular formula is C21H16F2N6O. The molecule has 5 heterocycles. The highest BCUT2D eigenvalue weighted by Gasteiger charge is 2.22. The third-order valence-electron chi connectivity index (χ3n) is 5.21. The van der Waals surface area contributed by atoms with Crippen molar-refractivity contribution in [2.45, 2.75) is 19.9 Å². The minimum Gasteiger partial charge on any atom is -0.350 e. The molecule has 0 saturated heterocycles. The van der Waals surface area contributed by atoms with Crippen LogP contribution < -0.4 is 10.5 Å². The molecule has 30 heavy (non-hydrogen) atoms. The van der Waals surface area contributed by atoms with E-state index in [-0.39, 0.29) is 5.56 Å². The second-order valence-corrected chi connectivity index (χ2v) is 7.20. The lowest BCUT2D eigenvalue weighted by atomic mass is 10.0. The molecule has 9 heteroatoms. The topological polar surface area (TPSA) is 76.3 Å². The van der Waals surface area contributed by atoms with Gasteiger partial charge >= 0.3 is 0 Å². The Kier molecular flexibility index (Phi) is 4.23. The van der Waals surface area contributed by atoms with Crippen LogP contribution in [-0.2, 0) is 13.0 Å². The van der Waals surface area contributed by atoms with Crippen LogP contribution in [0.3, 0.4) is 0 Å². The predicted molar refractivity (Wildman–Crippen MR) is 106 cm³/mol. The number of rotatable bonds is 2. The van der Waals surface area contributed by atoms with E-state index in [0.717, 1.165) is 22.9 Å². The molecule has 7 nitrogen and oxygen atoms in total. The molecule has 0 aromatic carbocycles. The van der Waals surface area contributed by atoms with Crippen molar-refractivity contribution in [3.05, 3.63) is 81.8 Å². The van der Waals surface area contributed by atoms with E-state index in [2.05, 4.69) is 25.0 Å². The lowest BCUT2D eigenvalue weighted by Crippen LogP contribution is -2.33. The Balaban J connectivity index is 1.52. The van der Waals surface area contributed by atoms with Gasteiger partial charge in [0.25, 0.3) is 5.56 Å². The van der Waals surface area contributed by atoms with Crippen LogP contribution in [0.15, 0.2) is 47.7 Å². The Morgan fingerprint density at radius 2 is 1.83 bits per heavy atom. The molecule has 0 amide bonds. The van der Waals surface area contributed by atoms with Crippen LogP contribution >= 0.6 is 0 Å². The number of fused-ring (bicyclic) bond motifs is 2. The normalized spacial score (nSPS) is 13.5. The summed E-state index contributed by atoms with van der Waals surface area (Å²) in [5, 5.41) is 4.52. The fourth-order valence-corrected chi connectivity index (χ4v) is 3.70. The van der Waals surface area contributed by atoms with Gasteiger partial charge in [-0.2, -0.15) is 8.91 Å². The van der Waals surface area contributed by atoms with Gasteiger partial charge < -0.3 is 4.90 Å². The van der Waals surface area contributed by atoms with E-state index in [4.69, 9.17) is 0 Å². The Labute approximate surface area is 169 Å². The van der Waals surface area contributed by atoms with Crippen molar-refractivity contribution in [1.82, 2.24) is 24.6 Å². The summed E-state index contributed by atoms with van der Waals surface area (Å²) in [7, 11) is 0. The summed E-state index contributed by atoms with van der Waals surface area (Å²) >= 11 is 0. The van der Waals surface area contributed by atoms with Gasteiger partial charge in [-0.1, -0.05) is 0 Å². The highest BCUT2D eigenvalue weighted by Crippen LogP contribution is 2.28. The molecule has 0 saturated carbocycles. The number of halogens is 2. The lowest BCUT2D eigenvalue weighted by Gasteiger charge is -2.30. The molecule has 0 atom stereocenters. The Morgan fingerprint density at radius 1 is 1.03 bits per heavy atom. The van der Waals surface area contributed by atoms with E-state index in [1.54, 1.807) is 6.20 Å². The highest BCUT2D eigenvalue weighted by molar-refractivity contribution is 5.63. The summed E-state index contributed by atoms with van der Waals surface area (Å²) in [6.45, 7) is 3.15. The summed E-state index contributed by atoms with van der Waals surface area (Å²) < 4.78 is 28.0. The second kappa shape index (κ2) is 6.94. The zero-order valence-corrected chi connectivity index (χ0v) is 16.0. The van der Waals surface area contributed by atoms with Crippen LogP contribution in [0.2, 0.25) is 0 Å². The molecule has 1 aliphatic rings. The van der Waals surface area contributed by atoms with Gasteiger partial charge in [0.05, 0.1) is 0 Å². The Bertz CT molecular complexity index is 1350. The molecule has 0 aliphatic carbocycles. The predicted octanol–water partition coefficient (Wildman–Crippen LogP) is 2.70. The number of anilines is 1. The third kappa shape index (κ3) is 3.08. The van der Waals surface area contributed by atoms with Gasteiger partial charge in [0.1, 0.15) is 0 Å². The van der Waals surface area contributed by atoms with Crippen molar-refractivity contribution in [3.8, 4) is 11.1 Å². The van der Waals surface area contributed by atoms with Crippen molar-refractivity contribution >= 4 is 11.5 Å². The number of hydrogen-bond donors (Lipinski definition) is 0. The first-order valence-corrected chi connectivity index (χ1v) is 9.39.